The van der Waals surface area contributed by atoms with Crippen LogP contribution in [0.1, 0.15) is 17.2 Å². The van der Waals surface area contributed by atoms with Gasteiger partial charge < -0.3 is 14.8 Å². The number of hydrogen-bond acceptors (Lipinski definition) is 3. The molecule has 10 heteroatoms. The number of nitrogens with one attached hydrogen (secondary N) is 1. The van der Waals surface area contributed by atoms with E-state index >= 15 is 0 Å². The molecule has 124 valence electrons. The van der Waals surface area contributed by atoms with Gasteiger partial charge in [0.2, 0.25) is 0 Å². The smallest absolute Gasteiger partial charge is 0.416 e. The van der Waals surface area contributed by atoms with Crippen LogP contribution >= 0.6 is 12.4 Å². The molecule has 1 atom stereocenters. The number of hydrogen-bond donors (Lipinski definition) is 1. The van der Waals surface area contributed by atoms with E-state index in [2.05, 4.69) is 9.47 Å². The molecule has 1 amide bonds. The maximum atomic E-state index is 13.7. The summed E-state index contributed by atoms with van der Waals surface area (Å²) in [4.78, 5) is 11.0. The molecule has 0 bridgehead atoms. The quantitative estimate of drug-likeness (QED) is 0.832. The second-order valence-electron chi connectivity index (χ2n) is 4.37. The monoisotopic (exact) mass is 347 g/mol. The number of alkyl carbamates (subject to hydrolysis) is 1. The van der Waals surface area contributed by atoms with Crippen LogP contribution in [0, 0.1) is 0 Å². The lowest BCUT2D eigenvalue weighted by molar-refractivity contribution is -0.141. The van der Waals surface area contributed by atoms with E-state index in [-0.39, 0.29) is 18.2 Å². The Morgan fingerprint density at radius 3 is 2.55 bits per heavy atom. The molecule has 1 aliphatic rings. The Labute approximate surface area is 128 Å². The fourth-order valence-corrected chi connectivity index (χ4v) is 1.98. The van der Waals surface area contributed by atoms with Crippen molar-refractivity contribution in [3.63, 3.8) is 0 Å². The summed E-state index contributed by atoms with van der Waals surface area (Å²) in [6.45, 7) is -1.28. The van der Waals surface area contributed by atoms with Crippen LogP contribution in [0.3, 0.4) is 0 Å². The lowest BCUT2D eigenvalue weighted by atomic mass is 9.94. The molecular weight excluding hydrogens is 337 g/mol. The molecule has 1 fully saturated rings. The highest BCUT2D eigenvalue weighted by Gasteiger charge is 2.50. The average molecular weight is 348 g/mol. The molecule has 2 rings (SSSR count). The Morgan fingerprint density at radius 1 is 1.36 bits per heavy atom. The van der Waals surface area contributed by atoms with Gasteiger partial charge in [-0.25, -0.2) is 13.6 Å². The molecule has 1 saturated heterocycles. The minimum atomic E-state index is -4.87. The summed E-state index contributed by atoms with van der Waals surface area (Å²) >= 11 is 0. The van der Waals surface area contributed by atoms with Gasteiger partial charge in [0.1, 0.15) is 11.8 Å². The van der Waals surface area contributed by atoms with Gasteiger partial charge in [-0.15, -0.1) is 12.4 Å². The third-order valence-corrected chi connectivity index (χ3v) is 2.96. The van der Waals surface area contributed by atoms with Gasteiger partial charge in [0.05, 0.1) is 12.7 Å². The summed E-state index contributed by atoms with van der Waals surface area (Å²) in [7, 11) is 1.15. The van der Waals surface area contributed by atoms with Gasteiger partial charge >= 0.3 is 18.2 Å². The molecule has 22 heavy (non-hydrogen) atoms. The minimum absolute atomic E-state index is 0. The summed E-state index contributed by atoms with van der Waals surface area (Å²) in [5.74, 6) is -3.80. The normalized spacial score (nSPS) is 20.5. The summed E-state index contributed by atoms with van der Waals surface area (Å²) in [6, 6.07) is 0.447. The Bertz CT molecular complexity index is 564. The van der Waals surface area contributed by atoms with Crippen molar-refractivity contribution in [2.75, 3.05) is 13.7 Å². The van der Waals surface area contributed by atoms with Crippen LogP contribution in [0.5, 0.6) is 5.75 Å². The van der Waals surface area contributed by atoms with E-state index in [1.54, 1.807) is 5.32 Å². The van der Waals surface area contributed by atoms with E-state index in [0.29, 0.717) is 6.07 Å². The van der Waals surface area contributed by atoms with Crippen molar-refractivity contribution < 1.29 is 36.2 Å². The van der Waals surface area contributed by atoms with Crippen LogP contribution in [0.2, 0.25) is 0 Å². The Morgan fingerprint density at radius 2 is 2.00 bits per heavy atom. The summed E-state index contributed by atoms with van der Waals surface area (Å²) in [5, 5.41) is 1.72. The predicted octanol–water partition coefficient (Wildman–Crippen LogP) is 3.55. The zero-order chi connectivity index (χ0) is 15.8. The molecule has 0 aromatic heterocycles. The van der Waals surface area contributed by atoms with Crippen LogP contribution in [0.15, 0.2) is 18.2 Å². The van der Waals surface area contributed by atoms with E-state index in [1.165, 1.54) is 0 Å². The average Bonchev–Trinajstić information content (AvgIpc) is 2.40. The van der Waals surface area contributed by atoms with Crippen LogP contribution < -0.4 is 10.1 Å². The highest BCUT2D eigenvalue weighted by Crippen LogP contribution is 2.42. The Balaban J connectivity index is 0.00000242. The van der Waals surface area contributed by atoms with Crippen LogP contribution in [0.4, 0.5) is 26.7 Å². The molecule has 4 nitrogen and oxygen atoms in total. The van der Waals surface area contributed by atoms with Gasteiger partial charge in [0.25, 0.3) is 0 Å². The van der Waals surface area contributed by atoms with Crippen molar-refractivity contribution in [2.45, 2.75) is 18.1 Å². The predicted molar refractivity (Wildman–Crippen MR) is 67.4 cm³/mol. The molecule has 0 aliphatic carbocycles. The number of amides is 1. The first kappa shape index (κ1) is 18.3. The second-order valence-corrected chi connectivity index (χ2v) is 4.37. The number of carbonyl (C=O) groups excluding carboxylic acids is 1. The molecule has 0 radical (unpaired) electrons. The highest BCUT2D eigenvalue weighted by atomic mass is 35.5. The van der Waals surface area contributed by atoms with Gasteiger partial charge in [-0.1, -0.05) is 6.07 Å². The van der Waals surface area contributed by atoms with Gasteiger partial charge in [0, 0.05) is 0 Å². The molecular formula is C12H11ClF5NO3. The molecule has 1 aliphatic heterocycles. The van der Waals surface area contributed by atoms with Gasteiger partial charge in [-0.3, -0.25) is 0 Å². The number of rotatable bonds is 2. The number of methoxy groups -OCH3 is 1. The second kappa shape index (κ2) is 6.15. The lowest BCUT2D eigenvalue weighted by Crippen LogP contribution is -2.50. The van der Waals surface area contributed by atoms with Crippen molar-refractivity contribution in [1.82, 2.24) is 5.32 Å². The van der Waals surface area contributed by atoms with E-state index in [0.717, 1.165) is 19.2 Å². The molecule has 0 unspecified atom stereocenters. The summed E-state index contributed by atoms with van der Waals surface area (Å²) in [6.07, 6.45) is -6.07. The maximum Gasteiger partial charge on any atom is 0.416 e. The Kier molecular flexibility index (Phi) is 5.11. The number of halogens is 6. The lowest BCUT2D eigenvalue weighted by Gasteiger charge is -2.33. The molecule has 1 N–H and O–H groups in total. The molecule has 1 aromatic rings. The first-order valence-electron chi connectivity index (χ1n) is 5.71. The number of benzene rings is 1. The first-order chi connectivity index (χ1) is 9.65. The Hall–Kier alpha value is -1.77. The fraction of sp³-hybridized carbons (Fsp3) is 0.417. The summed E-state index contributed by atoms with van der Waals surface area (Å²) < 4.78 is 75.3. The standard InChI is InChI=1S/C12H10F5NO3.ClH/c1-20-6-2-3-7(8(4-6)12(15,16)17)9-11(13,14)5-21-10(19)18-9;/h2-4,9H,5H2,1H3,(H,18,19);1H/t9-;/m0./s1. The van der Waals surface area contributed by atoms with Gasteiger partial charge in [-0.2, -0.15) is 13.2 Å². The largest absolute Gasteiger partial charge is 0.497 e. The molecule has 1 aromatic carbocycles. The molecule has 0 saturated carbocycles. The number of carbonyl (C=O) groups is 1. The number of alkyl halides is 5. The van der Waals surface area contributed by atoms with Crippen molar-refractivity contribution >= 4 is 18.5 Å². The van der Waals surface area contributed by atoms with E-state index in [4.69, 9.17) is 0 Å². The summed E-state index contributed by atoms with van der Waals surface area (Å²) in [5.41, 5.74) is -2.04. The SMILES string of the molecule is COc1ccc([C@@H]2NC(=O)OCC2(F)F)c(C(F)(F)F)c1.Cl. The van der Waals surface area contributed by atoms with E-state index in [9.17, 15) is 26.7 Å². The van der Waals surface area contributed by atoms with Crippen LogP contribution in [-0.2, 0) is 10.9 Å². The van der Waals surface area contributed by atoms with Gasteiger partial charge in [-0.05, 0) is 17.7 Å². The van der Waals surface area contributed by atoms with Gasteiger partial charge in [0.15, 0.2) is 6.61 Å². The third-order valence-electron chi connectivity index (χ3n) is 2.96. The number of ether oxygens (including phenoxy) is 2. The first-order valence-corrected chi connectivity index (χ1v) is 5.71. The van der Waals surface area contributed by atoms with Crippen LogP contribution in [0.25, 0.3) is 0 Å². The number of cyclic esters (lactones) is 1. The molecule has 1 heterocycles. The van der Waals surface area contributed by atoms with E-state index in [1.807, 2.05) is 0 Å². The van der Waals surface area contributed by atoms with Crippen molar-refractivity contribution in [2.24, 2.45) is 0 Å². The van der Waals surface area contributed by atoms with Crippen molar-refractivity contribution in [1.29, 1.82) is 0 Å². The maximum absolute atomic E-state index is 13.7. The van der Waals surface area contributed by atoms with Crippen molar-refractivity contribution in [3.05, 3.63) is 29.3 Å². The van der Waals surface area contributed by atoms with Crippen LogP contribution in [-0.4, -0.2) is 25.7 Å². The fourth-order valence-electron chi connectivity index (χ4n) is 1.98. The van der Waals surface area contributed by atoms with E-state index < -0.39 is 42.0 Å². The topological polar surface area (TPSA) is 47.6 Å². The molecule has 0 spiro atoms. The third kappa shape index (κ3) is 3.52. The minimum Gasteiger partial charge on any atom is -0.497 e. The van der Waals surface area contributed by atoms with Crippen molar-refractivity contribution in [3.8, 4) is 5.75 Å². The zero-order valence-corrected chi connectivity index (χ0v) is 11.9. The zero-order valence-electron chi connectivity index (χ0n) is 11.0. The highest BCUT2D eigenvalue weighted by molar-refractivity contribution is 5.85.